The number of furan rings is 1. The molecule has 296 valence electrons. The molecule has 7 aromatic carbocycles. The second-order valence-corrected chi connectivity index (χ2v) is 19.8. The van der Waals surface area contributed by atoms with Crippen molar-refractivity contribution >= 4 is 68.2 Å². The topological polar surface area (TPSA) is 19.6 Å². The average Bonchev–Trinajstić information content (AvgIpc) is 3.62. The summed E-state index contributed by atoms with van der Waals surface area (Å²) in [6, 6.07) is 58.6. The van der Waals surface area contributed by atoms with Crippen LogP contribution >= 0.6 is 0 Å². The second kappa shape index (κ2) is 13.6. The third-order valence-corrected chi connectivity index (χ3v) is 12.7. The fourth-order valence-electron chi connectivity index (χ4n) is 9.68. The van der Waals surface area contributed by atoms with E-state index in [1.807, 2.05) is 0 Å². The summed E-state index contributed by atoms with van der Waals surface area (Å²) >= 11 is 0. The van der Waals surface area contributed by atoms with E-state index in [-0.39, 0.29) is 23.0 Å². The number of para-hydroxylation sites is 2. The second-order valence-electron chi connectivity index (χ2n) is 19.8. The molecule has 0 N–H and O–H groups in total. The van der Waals surface area contributed by atoms with E-state index in [2.05, 4.69) is 230 Å². The quantitative estimate of drug-likeness (QED) is 0.162. The molecular formula is C56H53BN2O. The van der Waals surface area contributed by atoms with Gasteiger partial charge in [-0.2, -0.15) is 0 Å². The van der Waals surface area contributed by atoms with Crippen molar-refractivity contribution in [3.8, 4) is 22.5 Å². The third kappa shape index (κ3) is 6.10. The molecule has 0 bridgehead atoms. The number of nitrogens with zero attached hydrogens (tertiary/aromatic N) is 2. The van der Waals surface area contributed by atoms with Crippen LogP contribution in [0.3, 0.4) is 0 Å². The minimum atomic E-state index is -0.0904. The molecule has 3 heterocycles. The molecule has 60 heavy (non-hydrogen) atoms. The molecule has 0 radical (unpaired) electrons. The predicted octanol–water partition coefficient (Wildman–Crippen LogP) is 13.7. The van der Waals surface area contributed by atoms with Crippen LogP contribution in [0.4, 0.5) is 34.1 Å². The van der Waals surface area contributed by atoms with Gasteiger partial charge in [-0.25, -0.2) is 0 Å². The van der Waals surface area contributed by atoms with Gasteiger partial charge >= 0.3 is 0 Å². The van der Waals surface area contributed by atoms with Gasteiger partial charge in [0.1, 0.15) is 11.3 Å². The molecule has 2 aliphatic rings. The Hall–Kier alpha value is -6.26. The van der Waals surface area contributed by atoms with Crippen molar-refractivity contribution in [3.63, 3.8) is 0 Å². The zero-order valence-electron chi connectivity index (χ0n) is 36.4. The van der Waals surface area contributed by atoms with Crippen molar-refractivity contribution in [3.05, 3.63) is 174 Å². The molecular weight excluding hydrogens is 727 g/mol. The maximum absolute atomic E-state index is 7.04. The largest absolute Gasteiger partial charge is 0.457 e. The summed E-state index contributed by atoms with van der Waals surface area (Å²) in [6.07, 6.45) is 0. The Morgan fingerprint density at radius 3 is 1.83 bits per heavy atom. The smallest absolute Gasteiger partial charge is 0.253 e. The van der Waals surface area contributed by atoms with Gasteiger partial charge < -0.3 is 14.2 Å². The van der Waals surface area contributed by atoms with Crippen molar-refractivity contribution in [1.29, 1.82) is 0 Å². The van der Waals surface area contributed by atoms with Gasteiger partial charge in [-0.15, -0.1) is 0 Å². The van der Waals surface area contributed by atoms with Crippen LogP contribution in [-0.4, -0.2) is 6.71 Å². The molecule has 0 aliphatic carbocycles. The highest BCUT2D eigenvalue weighted by molar-refractivity contribution is 7.01. The van der Waals surface area contributed by atoms with Gasteiger partial charge in [0, 0.05) is 45.1 Å². The van der Waals surface area contributed by atoms with Crippen molar-refractivity contribution in [2.45, 2.75) is 78.6 Å². The lowest BCUT2D eigenvalue weighted by atomic mass is 9.32. The highest BCUT2D eigenvalue weighted by Crippen LogP contribution is 2.49. The van der Waals surface area contributed by atoms with Crippen LogP contribution in [0.2, 0.25) is 0 Å². The average molecular weight is 781 g/mol. The van der Waals surface area contributed by atoms with Crippen LogP contribution in [-0.2, 0) is 16.2 Å². The number of benzene rings is 7. The summed E-state index contributed by atoms with van der Waals surface area (Å²) in [4.78, 5) is 5.02. The van der Waals surface area contributed by atoms with Crippen molar-refractivity contribution in [2.75, 3.05) is 9.80 Å². The lowest BCUT2D eigenvalue weighted by molar-refractivity contribution is 0.590. The van der Waals surface area contributed by atoms with Gasteiger partial charge in [0.25, 0.3) is 6.71 Å². The molecule has 0 spiro atoms. The zero-order chi connectivity index (χ0) is 41.7. The van der Waals surface area contributed by atoms with Gasteiger partial charge in [0.15, 0.2) is 0 Å². The highest BCUT2D eigenvalue weighted by atomic mass is 16.3. The SMILES string of the molecule is CC(C)(C)c1ccc(N2c3ccc(C(C)(C)C)cc3B3c4c(cc(N(c5ccccc5)c5ccccc5C(C)(C)C)cc42)-c2cccc4oc(-c5ccccc5)c3c24)cc1. The molecule has 0 saturated carbocycles. The van der Waals surface area contributed by atoms with E-state index < -0.39 is 0 Å². The summed E-state index contributed by atoms with van der Waals surface area (Å²) in [7, 11) is 0. The molecule has 0 fully saturated rings. The van der Waals surface area contributed by atoms with Crippen molar-refractivity contribution in [2.24, 2.45) is 0 Å². The monoisotopic (exact) mass is 780 g/mol. The Bertz CT molecular complexity index is 2920. The summed E-state index contributed by atoms with van der Waals surface area (Å²) < 4.78 is 7.04. The summed E-state index contributed by atoms with van der Waals surface area (Å²) in [5, 5.41) is 1.20. The minimum Gasteiger partial charge on any atom is -0.457 e. The lowest BCUT2D eigenvalue weighted by Crippen LogP contribution is -2.59. The van der Waals surface area contributed by atoms with Gasteiger partial charge in [-0.3, -0.25) is 0 Å². The molecule has 4 heteroatoms. The van der Waals surface area contributed by atoms with E-state index in [1.165, 1.54) is 66.7 Å². The van der Waals surface area contributed by atoms with E-state index >= 15 is 0 Å². The maximum Gasteiger partial charge on any atom is 0.253 e. The first-order valence-corrected chi connectivity index (χ1v) is 21.5. The van der Waals surface area contributed by atoms with Gasteiger partial charge in [0.05, 0.1) is 0 Å². The molecule has 1 aromatic heterocycles. The number of hydrogen-bond acceptors (Lipinski definition) is 3. The van der Waals surface area contributed by atoms with Crippen LogP contribution in [0.15, 0.2) is 162 Å². The Morgan fingerprint density at radius 2 is 1.15 bits per heavy atom. The van der Waals surface area contributed by atoms with Gasteiger partial charge in [-0.1, -0.05) is 165 Å². The molecule has 0 unspecified atom stereocenters. The van der Waals surface area contributed by atoms with Crippen molar-refractivity contribution in [1.82, 2.24) is 0 Å². The van der Waals surface area contributed by atoms with Crippen LogP contribution in [0, 0.1) is 0 Å². The number of fused-ring (bicyclic) bond motifs is 4. The number of hydrogen-bond donors (Lipinski definition) is 0. The van der Waals surface area contributed by atoms with Crippen LogP contribution in [0.25, 0.3) is 33.4 Å². The van der Waals surface area contributed by atoms with Crippen LogP contribution in [0.5, 0.6) is 0 Å². The van der Waals surface area contributed by atoms with Crippen LogP contribution < -0.4 is 26.2 Å². The predicted molar refractivity (Wildman–Crippen MR) is 257 cm³/mol. The Morgan fingerprint density at radius 1 is 0.500 bits per heavy atom. The standard InChI is InChI=1S/C56H53BN2O/c1-54(2,3)37-27-30-40(31-28-37)59-47-32-29-38(55(4,5)6)33-45(47)57-51-43(42-23-18-26-49-50(42)52(57)53(60-49)36-19-12-10-13-20-36)34-41(35-48(51)59)58(39-21-14-11-15-22-39)46-25-17-16-24-44(46)56(7,8)9/h10-35H,1-9H3. The van der Waals surface area contributed by atoms with E-state index in [1.54, 1.807) is 0 Å². The summed E-state index contributed by atoms with van der Waals surface area (Å²) in [5.74, 6) is 0.948. The van der Waals surface area contributed by atoms with E-state index in [0.717, 1.165) is 34.0 Å². The molecule has 10 rings (SSSR count). The molecule has 3 nitrogen and oxygen atoms in total. The van der Waals surface area contributed by atoms with Crippen LogP contribution in [0.1, 0.15) is 79.0 Å². The minimum absolute atomic E-state index is 0.0327. The first-order chi connectivity index (χ1) is 28.7. The third-order valence-electron chi connectivity index (χ3n) is 12.7. The van der Waals surface area contributed by atoms with Crippen molar-refractivity contribution < 1.29 is 4.42 Å². The molecule has 0 atom stereocenters. The number of anilines is 6. The zero-order valence-corrected chi connectivity index (χ0v) is 36.4. The summed E-state index contributed by atoms with van der Waals surface area (Å²) in [5.41, 5.74) is 19.1. The van der Waals surface area contributed by atoms with E-state index in [9.17, 15) is 0 Å². The molecule has 0 amide bonds. The Labute approximate surface area is 356 Å². The Balaban J connectivity index is 1.35. The fraction of sp³-hybridized carbons (Fsp3) is 0.214. The number of rotatable bonds is 5. The van der Waals surface area contributed by atoms with Gasteiger partial charge in [0.2, 0.25) is 0 Å². The fourth-order valence-corrected chi connectivity index (χ4v) is 9.68. The van der Waals surface area contributed by atoms with Gasteiger partial charge in [-0.05, 0) is 115 Å². The molecule has 2 aliphatic heterocycles. The Kier molecular flexibility index (Phi) is 8.64. The first kappa shape index (κ1) is 38.0. The molecule has 8 aromatic rings. The maximum atomic E-state index is 7.04. The summed E-state index contributed by atoms with van der Waals surface area (Å²) in [6.45, 7) is 20.7. The first-order valence-electron chi connectivity index (χ1n) is 21.5. The molecule has 0 saturated heterocycles. The highest BCUT2D eigenvalue weighted by Gasteiger charge is 2.45. The van der Waals surface area contributed by atoms with E-state index in [4.69, 9.17) is 4.42 Å². The lowest BCUT2D eigenvalue weighted by Gasteiger charge is -2.42. The van der Waals surface area contributed by atoms with E-state index in [0.29, 0.717) is 0 Å². The normalized spacial score (nSPS) is 13.3.